The van der Waals surface area contributed by atoms with Gasteiger partial charge in [-0.25, -0.2) is 4.68 Å². The van der Waals surface area contributed by atoms with Gasteiger partial charge >= 0.3 is 0 Å². The number of halogens is 1. The highest BCUT2D eigenvalue weighted by Crippen LogP contribution is 2.23. The summed E-state index contributed by atoms with van der Waals surface area (Å²) in [6.07, 6.45) is 6.08. The van der Waals surface area contributed by atoms with Gasteiger partial charge in [-0.15, -0.1) is 24.1 Å². The molecule has 1 aromatic heterocycles. The molecule has 1 N–H and O–H groups in total. The summed E-state index contributed by atoms with van der Waals surface area (Å²) in [6, 6.07) is 0.363. The van der Waals surface area contributed by atoms with Gasteiger partial charge in [-0.05, 0) is 51.6 Å². The van der Waals surface area contributed by atoms with Crippen LogP contribution in [0.4, 0.5) is 0 Å². The third-order valence-electron chi connectivity index (χ3n) is 4.94. The van der Waals surface area contributed by atoms with Gasteiger partial charge in [0.05, 0.1) is 11.7 Å². The summed E-state index contributed by atoms with van der Waals surface area (Å²) in [5, 5.41) is 11.8. The zero-order chi connectivity index (χ0) is 15.5. The molecule has 7 heteroatoms. The van der Waals surface area contributed by atoms with E-state index in [0.29, 0.717) is 17.7 Å². The highest BCUT2D eigenvalue weighted by Gasteiger charge is 2.28. The zero-order valence-electron chi connectivity index (χ0n) is 13.7. The largest absolute Gasteiger partial charge is 0.337 e. The smallest absolute Gasteiger partial charge is 0.276 e. The van der Waals surface area contributed by atoms with Gasteiger partial charge in [-0.1, -0.05) is 11.3 Å². The second-order valence-corrected chi connectivity index (χ2v) is 6.31. The molecule has 2 fully saturated rings. The molecule has 0 unspecified atom stereocenters. The maximum Gasteiger partial charge on any atom is 0.276 e. The molecule has 0 aliphatic carbocycles. The van der Waals surface area contributed by atoms with Gasteiger partial charge in [-0.3, -0.25) is 4.79 Å². The van der Waals surface area contributed by atoms with Gasteiger partial charge in [0.1, 0.15) is 0 Å². The Morgan fingerprint density at radius 1 is 1.26 bits per heavy atom. The predicted molar refractivity (Wildman–Crippen MR) is 92.0 cm³/mol. The van der Waals surface area contributed by atoms with Gasteiger partial charge < -0.3 is 10.2 Å². The Labute approximate surface area is 143 Å². The second-order valence-electron chi connectivity index (χ2n) is 6.31. The Bertz CT molecular complexity index is 545. The number of hydrogen-bond acceptors (Lipinski definition) is 4. The topological polar surface area (TPSA) is 63.1 Å². The summed E-state index contributed by atoms with van der Waals surface area (Å²) in [7, 11) is 0. The first-order valence-corrected chi connectivity index (χ1v) is 8.25. The van der Waals surface area contributed by atoms with E-state index in [1.807, 2.05) is 22.6 Å². The lowest BCUT2D eigenvalue weighted by Gasteiger charge is -2.30. The molecule has 2 aliphatic heterocycles. The van der Waals surface area contributed by atoms with Crippen LogP contribution in [0.3, 0.4) is 0 Å². The maximum atomic E-state index is 12.7. The Balaban J connectivity index is 0.00000192. The number of piperidine rings is 2. The number of likely N-dealkylation sites (tertiary alicyclic amines) is 1. The van der Waals surface area contributed by atoms with E-state index in [-0.39, 0.29) is 18.3 Å². The monoisotopic (exact) mass is 339 g/mol. The van der Waals surface area contributed by atoms with Crippen LogP contribution in [0.5, 0.6) is 0 Å². The summed E-state index contributed by atoms with van der Waals surface area (Å²) in [6.45, 7) is 9.39. The highest BCUT2D eigenvalue weighted by atomic mass is 35.5. The number of allylic oxidation sites excluding steroid dienone is 1. The number of nitrogens with zero attached hydrogens (tertiary/aromatic N) is 4. The van der Waals surface area contributed by atoms with E-state index in [0.717, 1.165) is 57.6 Å². The first-order valence-electron chi connectivity index (χ1n) is 8.25. The summed E-state index contributed by atoms with van der Waals surface area (Å²) in [5.74, 6) is 0.566. The Hall–Kier alpha value is -1.40. The Morgan fingerprint density at radius 3 is 2.52 bits per heavy atom. The highest BCUT2D eigenvalue weighted by molar-refractivity contribution is 5.93. The van der Waals surface area contributed by atoms with Crippen LogP contribution in [0.15, 0.2) is 12.7 Å². The molecule has 0 spiro atoms. The van der Waals surface area contributed by atoms with Crippen molar-refractivity contribution < 1.29 is 4.79 Å². The SMILES string of the molecule is C=CC1CCN(C(=O)c2nnn(C3CCNCC3)c2C)CC1.Cl. The number of nitrogens with one attached hydrogen (secondary N) is 1. The van der Waals surface area contributed by atoms with Crippen molar-refractivity contribution in [2.75, 3.05) is 26.2 Å². The number of amides is 1. The van der Waals surface area contributed by atoms with Crippen molar-refractivity contribution in [2.45, 2.75) is 38.6 Å². The fourth-order valence-corrected chi connectivity index (χ4v) is 3.42. The van der Waals surface area contributed by atoms with Crippen molar-refractivity contribution in [2.24, 2.45) is 5.92 Å². The number of aromatic nitrogens is 3. The van der Waals surface area contributed by atoms with Crippen LogP contribution in [-0.4, -0.2) is 52.0 Å². The number of rotatable bonds is 3. The average Bonchev–Trinajstić information content (AvgIpc) is 2.96. The van der Waals surface area contributed by atoms with E-state index in [1.165, 1.54) is 0 Å². The lowest BCUT2D eigenvalue weighted by molar-refractivity contribution is 0.0698. The van der Waals surface area contributed by atoms with Crippen LogP contribution in [0.1, 0.15) is 47.9 Å². The molecule has 128 valence electrons. The lowest BCUT2D eigenvalue weighted by atomic mass is 9.97. The molecule has 0 atom stereocenters. The van der Waals surface area contributed by atoms with Crippen molar-refractivity contribution in [1.82, 2.24) is 25.2 Å². The lowest BCUT2D eigenvalue weighted by Crippen LogP contribution is -2.38. The first kappa shape index (κ1) is 17.9. The van der Waals surface area contributed by atoms with Crippen LogP contribution >= 0.6 is 12.4 Å². The zero-order valence-corrected chi connectivity index (χ0v) is 14.5. The fraction of sp³-hybridized carbons (Fsp3) is 0.688. The summed E-state index contributed by atoms with van der Waals surface area (Å²) in [5.41, 5.74) is 1.43. The minimum absolute atomic E-state index is 0. The van der Waals surface area contributed by atoms with E-state index < -0.39 is 0 Å². The standard InChI is InChI=1S/C16H25N5O.ClH/c1-3-13-6-10-20(11-7-13)16(22)15-12(2)21(19-18-15)14-4-8-17-9-5-14;/h3,13-14,17H,1,4-11H2,2H3;1H. The minimum atomic E-state index is 0. The quantitative estimate of drug-likeness (QED) is 0.855. The van der Waals surface area contributed by atoms with Gasteiger partial charge in [0.15, 0.2) is 5.69 Å². The van der Waals surface area contributed by atoms with Crippen molar-refractivity contribution in [3.63, 3.8) is 0 Å². The third-order valence-corrected chi connectivity index (χ3v) is 4.94. The van der Waals surface area contributed by atoms with E-state index in [2.05, 4.69) is 22.2 Å². The molecule has 2 saturated heterocycles. The molecule has 1 amide bonds. The average molecular weight is 340 g/mol. The molecule has 23 heavy (non-hydrogen) atoms. The molecule has 0 saturated carbocycles. The van der Waals surface area contributed by atoms with Crippen LogP contribution in [0.25, 0.3) is 0 Å². The van der Waals surface area contributed by atoms with Crippen LogP contribution in [-0.2, 0) is 0 Å². The van der Waals surface area contributed by atoms with Crippen molar-refractivity contribution in [3.05, 3.63) is 24.0 Å². The minimum Gasteiger partial charge on any atom is -0.337 e. The Kier molecular flexibility index (Phi) is 6.18. The number of hydrogen-bond donors (Lipinski definition) is 1. The van der Waals surface area contributed by atoms with Crippen LogP contribution in [0.2, 0.25) is 0 Å². The molecule has 0 aromatic carbocycles. The molecule has 6 nitrogen and oxygen atoms in total. The van der Waals surface area contributed by atoms with E-state index in [9.17, 15) is 4.79 Å². The second kappa shape index (κ2) is 7.93. The third kappa shape index (κ3) is 3.75. The van der Waals surface area contributed by atoms with Gasteiger partial charge in [0, 0.05) is 13.1 Å². The molecule has 0 radical (unpaired) electrons. The molecular weight excluding hydrogens is 314 g/mol. The number of carbonyl (C=O) groups is 1. The predicted octanol–water partition coefficient (Wildman–Crippen LogP) is 1.97. The van der Waals surface area contributed by atoms with E-state index in [4.69, 9.17) is 0 Å². The van der Waals surface area contributed by atoms with Crippen molar-refractivity contribution in [3.8, 4) is 0 Å². The first-order chi connectivity index (χ1) is 10.7. The van der Waals surface area contributed by atoms with Crippen LogP contribution < -0.4 is 5.32 Å². The van der Waals surface area contributed by atoms with E-state index >= 15 is 0 Å². The summed E-state index contributed by atoms with van der Waals surface area (Å²) in [4.78, 5) is 14.6. The van der Waals surface area contributed by atoms with Gasteiger partial charge in [-0.2, -0.15) is 0 Å². The summed E-state index contributed by atoms with van der Waals surface area (Å²) < 4.78 is 1.95. The number of carbonyl (C=O) groups excluding carboxylic acids is 1. The van der Waals surface area contributed by atoms with Gasteiger partial charge in [0.25, 0.3) is 5.91 Å². The molecule has 3 heterocycles. The van der Waals surface area contributed by atoms with Gasteiger partial charge in [0.2, 0.25) is 0 Å². The molecule has 2 aliphatic rings. The molecule has 3 rings (SSSR count). The molecular formula is C16H26ClN5O. The van der Waals surface area contributed by atoms with Crippen molar-refractivity contribution in [1.29, 1.82) is 0 Å². The van der Waals surface area contributed by atoms with Crippen LogP contribution in [0, 0.1) is 12.8 Å². The molecule has 1 aromatic rings. The summed E-state index contributed by atoms with van der Waals surface area (Å²) >= 11 is 0. The fourth-order valence-electron chi connectivity index (χ4n) is 3.42. The maximum absolute atomic E-state index is 12.7. The normalized spacial score (nSPS) is 20.1. The molecule has 0 bridgehead atoms. The van der Waals surface area contributed by atoms with E-state index in [1.54, 1.807) is 0 Å². The van der Waals surface area contributed by atoms with Crippen molar-refractivity contribution >= 4 is 18.3 Å². The Morgan fingerprint density at radius 2 is 1.91 bits per heavy atom.